The number of tetrazole rings is 1. The van der Waals surface area contributed by atoms with Gasteiger partial charge in [-0.1, -0.05) is 34.8 Å². The van der Waals surface area contributed by atoms with Crippen molar-refractivity contribution in [3.63, 3.8) is 0 Å². The average molecular weight is 307 g/mol. The Labute approximate surface area is 115 Å². The van der Waals surface area contributed by atoms with Gasteiger partial charge in [-0.2, -0.15) is 4.68 Å². The quantitative estimate of drug-likeness (QED) is 0.854. The Morgan fingerprint density at radius 1 is 1.28 bits per heavy atom. The van der Waals surface area contributed by atoms with Crippen LogP contribution in [-0.4, -0.2) is 20.2 Å². The fourth-order valence-corrected chi connectivity index (χ4v) is 2.96. The first-order chi connectivity index (χ1) is 8.75. The summed E-state index contributed by atoms with van der Waals surface area (Å²) in [5, 5.41) is 12.3. The van der Waals surface area contributed by atoms with Crippen LogP contribution in [0, 0.1) is 6.92 Å². The van der Waals surface area contributed by atoms with E-state index in [1.165, 1.54) is 31.2 Å². The maximum Gasteiger partial charge on any atom is 0.159 e. The third kappa shape index (κ3) is 2.07. The fourth-order valence-electron chi connectivity index (χ4n) is 2.61. The summed E-state index contributed by atoms with van der Waals surface area (Å²) in [7, 11) is 0. The minimum atomic E-state index is 0.512. The Bertz CT molecular complexity index is 558. The third-order valence-electron chi connectivity index (χ3n) is 3.61. The molecule has 1 aliphatic rings. The van der Waals surface area contributed by atoms with Gasteiger partial charge in [0.2, 0.25) is 0 Å². The van der Waals surface area contributed by atoms with Gasteiger partial charge in [0.15, 0.2) is 5.82 Å². The molecule has 94 valence electrons. The van der Waals surface area contributed by atoms with E-state index in [1.54, 1.807) is 0 Å². The molecule has 1 aliphatic carbocycles. The predicted octanol–water partition coefficient (Wildman–Crippen LogP) is 3.39. The van der Waals surface area contributed by atoms with Crippen molar-refractivity contribution >= 4 is 15.9 Å². The molecule has 0 spiro atoms. The van der Waals surface area contributed by atoms with Crippen LogP contribution in [0.15, 0.2) is 22.7 Å². The Balaban J connectivity index is 2.06. The van der Waals surface area contributed by atoms with E-state index in [9.17, 15) is 0 Å². The summed E-state index contributed by atoms with van der Waals surface area (Å²) < 4.78 is 2.95. The molecular weight excluding hydrogens is 292 g/mol. The molecule has 0 aliphatic heterocycles. The topological polar surface area (TPSA) is 43.6 Å². The number of aryl methyl sites for hydroxylation is 1. The normalized spacial score (nSPS) is 16.3. The second kappa shape index (κ2) is 4.80. The van der Waals surface area contributed by atoms with Gasteiger partial charge in [0.1, 0.15) is 0 Å². The van der Waals surface area contributed by atoms with E-state index in [1.807, 2.05) is 10.7 Å². The van der Waals surface area contributed by atoms with E-state index in [-0.39, 0.29) is 0 Å². The number of benzene rings is 1. The molecule has 3 rings (SSSR count). The summed E-state index contributed by atoms with van der Waals surface area (Å²) in [5.41, 5.74) is 2.25. The number of nitrogens with zero attached hydrogens (tertiary/aromatic N) is 4. The summed E-state index contributed by atoms with van der Waals surface area (Å²) >= 11 is 3.51. The first-order valence-corrected chi connectivity index (χ1v) is 7.10. The van der Waals surface area contributed by atoms with Crippen LogP contribution in [0.4, 0.5) is 0 Å². The lowest BCUT2D eigenvalue weighted by Crippen LogP contribution is -2.08. The Morgan fingerprint density at radius 3 is 2.83 bits per heavy atom. The minimum absolute atomic E-state index is 0.512. The minimum Gasteiger partial charge on any atom is -0.197 e. The second-order valence-electron chi connectivity index (χ2n) is 4.86. The van der Waals surface area contributed by atoms with Gasteiger partial charge >= 0.3 is 0 Å². The van der Waals surface area contributed by atoms with Crippen LogP contribution in [0.2, 0.25) is 0 Å². The zero-order chi connectivity index (χ0) is 12.5. The molecular formula is C13H15BrN4. The van der Waals surface area contributed by atoms with Crippen molar-refractivity contribution in [2.75, 3.05) is 0 Å². The molecule has 0 amide bonds. The molecule has 0 unspecified atom stereocenters. The number of rotatable bonds is 2. The molecule has 1 fully saturated rings. The number of hydrogen-bond acceptors (Lipinski definition) is 3. The lowest BCUT2D eigenvalue weighted by molar-refractivity contribution is 0.635. The molecule has 0 bridgehead atoms. The van der Waals surface area contributed by atoms with E-state index in [2.05, 4.69) is 50.5 Å². The summed E-state index contributed by atoms with van der Waals surface area (Å²) in [5.74, 6) is 1.52. The number of aromatic nitrogens is 4. The maximum absolute atomic E-state index is 4.23. The predicted molar refractivity (Wildman–Crippen MR) is 72.8 cm³/mol. The summed E-state index contributed by atoms with van der Waals surface area (Å²) in [6.07, 6.45) is 4.98. The zero-order valence-corrected chi connectivity index (χ0v) is 11.9. The van der Waals surface area contributed by atoms with E-state index in [0.29, 0.717) is 5.92 Å². The van der Waals surface area contributed by atoms with Gasteiger partial charge in [0.05, 0.1) is 5.69 Å². The van der Waals surface area contributed by atoms with Crippen molar-refractivity contribution in [3.05, 3.63) is 34.1 Å². The molecule has 4 nitrogen and oxygen atoms in total. The molecule has 0 N–H and O–H groups in total. The first-order valence-electron chi connectivity index (χ1n) is 6.30. The highest BCUT2D eigenvalue weighted by molar-refractivity contribution is 9.10. The summed E-state index contributed by atoms with van der Waals surface area (Å²) in [4.78, 5) is 0. The van der Waals surface area contributed by atoms with Crippen LogP contribution >= 0.6 is 15.9 Å². The van der Waals surface area contributed by atoms with Crippen molar-refractivity contribution in [2.45, 2.75) is 38.5 Å². The van der Waals surface area contributed by atoms with Crippen LogP contribution in [0.3, 0.4) is 0 Å². The molecule has 1 aromatic heterocycles. The van der Waals surface area contributed by atoms with Crippen LogP contribution in [0.1, 0.15) is 43.0 Å². The van der Waals surface area contributed by atoms with Crippen LogP contribution in [0.25, 0.3) is 5.69 Å². The average Bonchev–Trinajstić information content (AvgIpc) is 3.00. The highest BCUT2D eigenvalue weighted by atomic mass is 79.9. The van der Waals surface area contributed by atoms with Gasteiger partial charge in [-0.25, -0.2) is 0 Å². The molecule has 5 heteroatoms. The van der Waals surface area contributed by atoms with Gasteiger partial charge in [0.25, 0.3) is 0 Å². The monoisotopic (exact) mass is 306 g/mol. The molecule has 2 aromatic rings. The Hall–Kier alpha value is -1.23. The molecule has 18 heavy (non-hydrogen) atoms. The standard InChI is InChI=1S/C13H15BrN4/c1-9-6-7-11(14)8-12(9)18-13(15-16-17-18)10-4-2-3-5-10/h6-8,10H,2-5H2,1H3. The molecule has 1 saturated carbocycles. The fraction of sp³-hybridized carbons (Fsp3) is 0.462. The van der Waals surface area contributed by atoms with E-state index in [0.717, 1.165) is 16.0 Å². The first kappa shape index (κ1) is 11.8. The molecule has 1 heterocycles. The third-order valence-corrected chi connectivity index (χ3v) is 4.11. The van der Waals surface area contributed by atoms with E-state index < -0.39 is 0 Å². The van der Waals surface area contributed by atoms with Crippen molar-refractivity contribution in [3.8, 4) is 5.69 Å². The van der Waals surface area contributed by atoms with E-state index >= 15 is 0 Å². The van der Waals surface area contributed by atoms with Crippen LogP contribution in [-0.2, 0) is 0 Å². The molecule has 1 aromatic carbocycles. The van der Waals surface area contributed by atoms with Crippen molar-refractivity contribution in [2.24, 2.45) is 0 Å². The molecule has 0 radical (unpaired) electrons. The summed E-state index contributed by atoms with van der Waals surface area (Å²) in [6.45, 7) is 2.09. The van der Waals surface area contributed by atoms with Gasteiger partial charge in [0, 0.05) is 10.4 Å². The molecule has 0 saturated heterocycles. The SMILES string of the molecule is Cc1ccc(Br)cc1-n1nnnc1C1CCCC1. The Morgan fingerprint density at radius 2 is 2.06 bits per heavy atom. The van der Waals surface area contributed by atoms with Crippen molar-refractivity contribution < 1.29 is 0 Å². The lowest BCUT2D eigenvalue weighted by Gasteiger charge is -2.11. The maximum atomic E-state index is 4.23. The smallest absolute Gasteiger partial charge is 0.159 e. The van der Waals surface area contributed by atoms with Gasteiger partial charge in [-0.3, -0.25) is 0 Å². The lowest BCUT2D eigenvalue weighted by atomic mass is 10.1. The van der Waals surface area contributed by atoms with Gasteiger partial charge in [-0.05, 0) is 47.9 Å². The van der Waals surface area contributed by atoms with Gasteiger partial charge < -0.3 is 0 Å². The number of hydrogen-bond donors (Lipinski definition) is 0. The van der Waals surface area contributed by atoms with Gasteiger partial charge in [-0.15, -0.1) is 5.10 Å². The molecule has 0 atom stereocenters. The van der Waals surface area contributed by atoms with Crippen molar-refractivity contribution in [1.82, 2.24) is 20.2 Å². The Kier molecular flexibility index (Phi) is 3.16. The largest absolute Gasteiger partial charge is 0.197 e. The van der Waals surface area contributed by atoms with Crippen LogP contribution in [0.5, 0.6) is 0 Å². The summed E-state index contributed by atoms with van der Waals surface area (Å²) in [6, 6.07) is 6.20. The highest BCUT2D eigenvalue weighted by Crippen LogP contribution is 2.33. The second-order valence-corrected chi connectivity index (χ2v) is 5.78. The van der Waals surface area contributed by atoms with Crippen LogP contribution < -0.4 is 0 Å². The highest BCUT2D eigenvalue weighted by Gasteiger charge is 2.24. The van der Waals surface area contributed by atoms with Crippen molar-refractivity contribution in [1.29, 1.82) is 0 Å². The van der Waals surface area contributed by atoms with E-state index in [4.69, 9.17) is 0 Å². The zero-order valence-electron chi connectivity index (χ0n) is 10.3. The number of halogens is 1.